The molecule has 0 amide bonds. The standard InChI is InChI=1S/C24H23NO2S2/c1-18-12-14-21(15-13-18)25-24(28-16-19-8-4-3-5-9-19)29-17-20-10-6-7-11-22(20)23(26)27-2/h3-15H,16-17H2,1-2H3. The summed E-state index contributed by atoms with van der Waals surface area (Å²) in [5, 5.41) is 0. The van der Waals surface area contributed by atoms with Crippen LogP contribution in [-0.4, -0.2) is 17.5 Å². The minimum atomic E-state index is -0.310. The third kappa shape index (κ3) is 6.51. The second kappa shape index (κ2) is 10.9. The lowest BCUT2D eigenvalue weighted by Crippen LogP contribution is -2.05. The van der Waals surface area contributed by atoms with Gasteiger partial charge in [0.2, 0.25) is 0 Å². The highest BCUT2D eigenvalue weighted by molar-refractivity contribution is 8.38. The lowest BCUT2D eigenvalue weighted by molar-refractivity contribution is 0.0600. The van der Waals surface area contributed by atoms with Crippen LogP contribution >= 0.6 is 23.5 Å². The summed E-state index contributed by atoms with van der Waals surface area (Å²) in [5.41, 5.74) is 4.94. The quantitative estimate of drug-likeness (QED) is 0.254. The molecule has 0 aliphatic heterocycles. The highest BCUT2D eigenvalue weighted by atomic mass is 32.2. The molecule has 0 radical (unpaired) electrons. The molecule has 0 aromatic heterocycles. The maximum Gasteiger partial charge on any atom is 0.338 e. The lowest BCUT2D eigenvalue weighted by atomic mass is 10.1. The van der Waals surface area contributed by atoms with Crippen LogP contribution in [0.4, 0.5) is 5.69 Å². The molecule has 3 nitrogen and oxygen atoms in total. The number of thioether (sulfide) groups is 2. The van der Waals surface area contributed by atoms with E-state index in [2.05, 4.69) is 31.2 Å². The van der Waals surface area contributed by atoms with Gasteiger partial charge in [-0.2, -0.15) is 0 Å². The van der Waals surface area contributed by atoms with Gasteiger partial charge in [-0.3, -0.25) is 0 Å². The smallest absolute Gasteiger partial charge is 0.338 e. The second-order valence-electron chi connectivity index (χ2n) is 6.42. The molecule has 0 spiro atoms. The number of aliphatic imine (C=N–C) groups is 1. The minimum absolute atomic E-state index is 0.310. The van der Waals surface area contributed by atoms with Crippen molar-refractivity contribution in [1.82, 2.24) is 0 Å². The predicted octanol–water partition coefficient (Wildman–Crippen LogP) is 6.64. The molecule has 3 aromatic rings. The van der Waals surface area contributed by atoms with E-state index in [9.17, 15) is 4.79 Å². The average Bonchev–Trinajstić information content (AvgIpc) is 2.77. The van der Waals surface area contributed by atoms with E-state index in [4.69, 9.17) is 9.73 Å². The zero-order chi connectivity index (χ0) is 20.5. The molecule has 29 heavy (non-hydrogen) atoms. The van der Waals surface area contributed by atoms with Crippen molar-refractivity contribution in [2.45, 2.75) is 18.4 Å². The molecule has 5 heteroatoms. The number of nitrogens with zero attached hydrogens (tertiary/aromatic N) is 1. The number of benzene rings is 3. The Morgan fingerprint density at radius 1 is 0.862 bits per heavy atom. The van der Waals surface area contributed by atoms with Gasteiger partial charge in [-0.1, -0.05) is 89.8 Å². The molecule has 0 heterocycles. The van der Waals surface area contributed by atoms with Gasteiger partial charge in [0.05, 0.1) is 18.4 Å². The molecular weight excluding hydrogens is 398 g/mol. The number of ether oxygens (including phenoxy) is 1. The number of methoxy groups -OCH3 is 1. The summed E-state index contributed by atoms with van der Waals surface area (Å²) in [4.78, 5) is 16.9. The Hall–Kier alpha value is -2.50. The van der Waals surface area contributed by atoms with Crippen LogP contribution in [0, 0.1) is 6.92 Å². The average molecular weight is 422 g/mol. The summed E-state index contributed by atoms with van der Waals surface area (Å²) in [6.07, 6.45) is 0. The first kappa shape index (κ1) is 21.2. The van der Waals surface area contributed by atoms with Gasteiger partial charge in [-0.25, -0.2) is 9.79 Å². The summed E-state index contributed by atoms with van der Waals surface area (Å²) in [5.74, 6) is 1.18. The van der Waals surface area contributed by atoms with Crippen molar-refractivity contribution in [2.24, 2.45) is 4.99 Å². The fraction of sp³-hybridized carbons (Fsp3) is 0.167. The van der Waals surface area contributed by atoms with E-state index in [1.54, 1.807) is 29.6 Å². The van der Waals surface area contributed by atoms with E-state index in [1.807, 2.05) is 48.5 Å². The zero-order valence-corrected chi connectivity index (χ0v) is 18.1. The van der Waals surface area contributed by atoms with Gasteiger partial charge in [-0.15, -0.1) is 0 Å². The molecule has 0 N–H and O–H groups in total. The SMILES string of the molecule is COC(=O)c1ccccc1CSC(=Nc1ccc(C)cc1)SCc1ccccc1. The first-order valence-electron chi connectivity index (χ1n) is 9.27. The fourth-order valence-electron chi connectivity index (χ4n) is 2.64. The molecule has 0 aliphatic rings. The number of hydrogen-bond donors (Lipinski definition) is 0. The molecule has 0 saturated carbocycles. The maximum atomic E-state index is 12.0. The lowest BCUT2D eigenvalue weighted by Gasteiger charge is -2.10. The van der Waals surface area contributed by atoms with E-state index in [0.717, 1.165) is 21.4 Å². The van der Waals surface area contributed by atoms with E-state index in [0.29, 0.717) is 11.3 Å². The van der Waals surface area contributed by atoms with Crippen LogP contribution in [0.25, 0.3) is 0 Å². The summed E-state index contributed by atoms with van der Waals surface area (Å²) >= 11 is 3.35. The highest BCUT2D eigenvalue weighted by Crippen LogP contribution is 2.29. The van der Waals surface area contributed by atoms with Gasteiger partial charge >= 0.3 is 5.97 Å². The van der Waals surface area contributed by atoms with Gasteiger partial charge in [0.25, 0.3) is 0 Å². The van der Waals surface area contributed by atoms with Crippen molar-refractivity contribution >= 4 is 39.6 Å². The van der Waals surface area contributed by atoms with Gasteiger partial charge in [0.1, 0.15) is 4.38 Å². The fourth-order valence-corrected chi connectivity index (χ4v) is 4.69. The Bertz CT molecular complexity index is 970. The van der Waals surface area contributed by atoms with E-state index < -0.39 is 0 Å². The highest BCUT2D eigenvalue weighted by Gasteiger charge is 2.12. The number of carbonyl (C=O) groups excluding carboxylic acids is 1. The summed E-state index contributed by atoms with van der Waals surface area (Å²) in [6, 6.07) is 26.1. The third-order valence-corrected chi connectivity index (χ3v) is 6.55. The Balaban J connectivity index is 1.78. The van der Waals surface area contributed by atoms with Gasteiger partial charge in [-0.05, 0) is 36.2 Å². The molecule has 0 unspecified atom stereocenters. The van der Waals surface area contributed by atoms with Crippen molar-refractivity contribution in [3.8, 4) is 0 Å². The summed E-state index contributed by atoms with van der Waals surface area (Å²) in [6.45, 7) is 2.07. The van der Waals surface area contributed by atoms with Gasteiger partial charge < -0.3 is 4.74 Å². The van der Waals surface area contributed by atoms with Crippen molar-refractivity contribution in [3.63, 3.8) is 0 Å². The van der Waals surface area contributed by atoms with Crippen LogP contribution in [0.5, 0.6) is 0 Å². The van der Waals surface area contributed by atoms with E-state index in [-0.39, 0.29) is 5.97 Å². The molecule has 3 rings (SSSR count). The Morgan fingerprint density at radius 3 is 2.24 bits per heavy atom. The Labute approximate surface area is 180 Å². The van der Waals surface area contributed by atoms with Crippen LogP contribution in [0.2, 0.25) is 0 Å². The largest absolute Gasteiger partial charge is 0.465 e. The molecular formula is C24H23NO2S2. The van der Waals surface area contributed by atoms with Crippen LogP contribution in [0.3, 0.4) is 0 Å². The first-order chi connectivity index (χ1) is 14.2. The van der Waals surface area contributed by atoms with Gasteiger partial charge in [0.15, 0.2) is 0 Å². The summed E-state index contributed by atoms with van der Waals surface area (Å²) in [7, 11) is 1.41. The predicted molar refractivity (Wildman–Crippen MR) is 125 cm³/mol. The van der Waals surface area contributed by atoms with E-state index >= 15 is 0 Å². The van der Waals surface area contributed by atoms with E-state index in [1.165, 1.54) is 18.2 Å². The molecule has 0 bridgehead atoms. The number of aryl methyl sites for hydroxylation is 1. The van der Waals surface area contributed by atoms with Gasteiger partial charge in [0, 0.05) is 11.5 Å². The van der Waals surface area contributed by atoms with Crippen LogP contribution < -0.4 is 0 Å². The number of esters is 1. The number of carbonyl (C=O) groups is 1. The van der Waals surface area contributed by atoms with Crippen LogP contribution in [-0.2, 0) is 16.2 Å². The number of rotatable bonds is 6. The second-order valence-corrected chi connectivity index (χ2v) is 8.61. The number of hydrogen-bond acceptors (Lipinski definition) is 5. The van der Waals surface area contributed by atoms with Crippen molar-refractivity contribution < 1.29 is 9.53 Å². The third-order valence-electron chi connectivity index (χ3n) is 4.23. The summed E-state index contributed by atoms with van der Waals surface area (Å²) < 4.78 is 5.88. The molecule has 0 atom stereocenters. The Morgan fingerprint density at radius 2 is 1.52 bits per heavy atom. The minimum Gasteiger partial charge on any atom is -0.465 e. The topological polar surface area (TPSA) is 38.7 Å². The first-order valence-corrected chi connectivity index (χ1v) is 11.2. The Kier molecular flexibility index (Phi) is 7.96. The van der Waals surface area contributed by atoms with Crippen molar-refractivity contribution in [2.75, 3.05) is 7.11 Å². The zero-order valence-electron chi connectivity index (χ0n) is 16.5. The maximum absolute atomic E-state index is 12.0. The van der Waals surface area contributed by atoms with Crippen LogP contribution in [0.1, 0.15) is 27.0 Å². The normalized spacial score (nSPS) is 11.3. The molecule has 148 valence electrons. The molecule has 0 fully saturated rings. The van der Waals surface area contributed by atoms with Crippen molar-refractivity contribution in [1.29, 1.82) is 0 Å². The molecule has 0 aliphatic carbocycles. The van der Waals surface area contributed by atoms with Crippen molar-refractivity contribution in [3.05, 3.63) is 101 Å². The molecule has 3 aromatic carbocycles. The monoisotopic (exact) mass is 421 g/mol. The van der Waals surface area contributed by atoms with Crippen LogP contribution in [0.15, 0.2) is 83.9 Å². The molecule has 0 saturated heterocycles.